The highest BCUT2D eigenvalue weighted by Gasteiger charge is 2.18. The van der Waals surface area contributed by atoms with E-state index in [4.69, 9.17) is 14.5 Å². The summed E-state index contributed by atoms with van der Waals surface area (Å²) < 4.78 is 9.97. The Morgan fingerprint density at radius 2 is 1.00 bits per heavy atom. The number of nitrogens with one attached hydrogen (secondary N) is 4. The normalized spacial score (nSPS) is 11.9. The molecule has 2 atom stereocenters. The minimum absolute atomic E-state index is 0.00439. The second-order valence-corrected chi connectivity index (χ2v) is 16.7. The third-order valence-electron chi connectivity index (χ3n) is 11.6. The third kappa shape index (κ3) is 16.2. The quantitative estimate of drug-likeness (QED) is 0.0324. The average molecular weight is 991 g/mol. The molecule has 4 aromatic heterocycles. The van der Waals surface area contributed by atoms with Gasteiger partial charge in [0.15, 0.2) is 11.3 Å². The van der Waals surface area contributed by atoms with E-state index in [0.717, 1.165) is 65.0 Å². The molecule has 2 aromatic carbocycles. The summed E-state index contributed by atoms with van der Waals surface area (Å²) in [6, 6.07) is 15.9. The summed E-state index contributed by atoms with van der Waals surface area (Å²) in [6.07, 6.45) is 5.93. The first kappa shape index (κ1) is 55.2. The van der Waals surface area contributed by atoms with E-state index in [0.29, 0.717) is 62.0 Å². The van der Waals surface area contributed by atoms with Gasteiger partial charge in [0.1, 0.15) is 22.7 Å². The van der Waals surface area contributed by atoms with Crippen molar-refractivity contribution in [3.05, 3.63) is 93.3 Å². The highest BCUT2D eigenvalue weighted by atomic mass is 16.6. The van der Waals surface area contributed by atoms with E-state index in [1.165, 1.54) is 24.3 Å². The van der Waals surface area contributed by atoms with E-state index in [2.05, 4.69) is 97.5 Å². The zero-order chi connectivity index (χ0) is 52.2. The minimum atomic E-state index is -0.609. The van der Waals surface area contributed by atoms with Crippen LogP contribution in [0.25, 0.3) is 44.8 Å². The number of non-ortho nitro benzene ring substituents is 2. The number of nitrogens with zero attached hydrogens (tertiary/aromatic N) is 10. The summed E-state index contributed by atoms with van der Waals surface area (Å²) in [5.74, 6) is 0.588. The molecular weight excluding hydrogens is 925 g/mol. The molecule has 0 spiro atoms. The Bertz CT molecular complexity index is 2740. The van der Waals surface area contributed by atoms with Crippen molar-refractivity contribution in [3.8, 4) is 22.5 Å². The van der Waals surface area contributed by atoms with Crippen LogP contribution in [0.15, 0.2) is 73.1 Å². The first-order chi connectivity index (χ1) is 34.7. The molecule has 72 heavy (non-hydrogen) atoms. The predicted octanol–water partition coefficient (Wildman–Crippen LogP) is 10.2. The average Bonchev–Trinajstić information content (AvgIpc) is 3.36. The lowest BCUT2D eigenvalue weighted by Gasteiger charge is -2.21. The molecule has 6 aromatic rings. The second kappa shape index (κ2) is 27.6. The van der Waals surface area contributed by atoms with Gasteiger partial charge in [-0.3, -0.25) is 30.9 Å². The second-order valence-electron chi connectivity index (χ2n) is 16.7. The number of anilines is 4. The smallest absolute Gasteiger partial charge is 0.412 e. The molecule has 4 heterocycles. The molecule has 0 aliphatic heterocycles. The number of ether oxygens (including phenoxy) is 2. The summed E-state index contributed by atoms with van der Waals surface area (Å²) in [5, 5.41) is 34.2. The standard InChI is InChI=1S/2C25H33N7O4/c1-5-31(6-2)14-8-9-17(4)27-20-15-22(30-25(33)36-7-3)29-24-23(20)28-21(16-26-24)18-10-12-19(13-11-18)32(34)35;1-5-31(6-2)14-8-9-17(4)27-20-15-22(30-25(33)36-7-3)29-24-23(20)26-16-21(28-24)18-10-12-19(13-11-18)32(34)35/h10-13,15-17H,5-9,14H2,1-4H3,(H2,26,27,29,30,33);10-13,15-17H,5-9,14H2,1-4H3,(H2,27,28,29,30,33). The Kier molecular flexibility index (Phi) is 21.2. The summed E-state index contributed by atoms with van der Waals surface area (Å²) in [7, 11) is 0. The van der Waals surface area contributed by atoms with Crippen molar-refractivity contribution >= 4 is 68.9 Å². The molecule has 0 saturated heterocycles. The lowest BCUT2D eigenvalue weighted by Crippen LogP contribution is -2.25. The van der Waals surface area contributed by atoms with E-state index in [-0.39, 0.29) is 42.5 Å². The Morgan fingerprint density at radius 3 is 1.43 bits per heavy atom. The van der Waals surface area contributed by atoms with Crippen LogP contribution < -0.4 is 21.3 Å². The van der Waals surface area contributed by atoms with E-state index in [1.807, 2.05) is 0 Å². The molecule has 0 radical (unpaired) electrons. The Morgan fingerprint density at radius 1 is 0.583 bits per heavy atom. The molecule has 22 nitrogen and oxygen atoms in total. The monoisotopic (exact) mass is 991 g/mol. The molecule has 0 fully saturated rings. The number of hydrogen-bond acceptors (Lipinski definition) is 18. The van der Waals surface area contributed by atoms with Crippen LogP contribution in [-0.2, 0) is 9.47 Å². The third-order valence-corrected chi connectivity index (χ3v) is 11.6. The molecule has 0 bridgehead atoms. The van der Waals surface area contributed by atoms with Crippen LogP contribution in [0.3, 0.4) is 0 Å². The Labute approximate surface area is 419 Å². The minimum Gasteiger partial charge on any atom is -0.450 e. The van der Waals surface area contributed by atoms with Crippen molar-refractivity contribution < 1.29 is 28.9 Å². The van der Waals surface area contributed by atoms with Crippen LogP contribution in [-0.4, -0.2) is 126 Å². The summed E-state index contributed by atoms with van der Waals surface area (Å²) in [6.45, 7) is 22.9. The van der Waals surface area contributed by atoms with Gasteiger partial charge in [-0.25, -0.2) is 39.5 Å². The van der Waals surface area contributed by atoms with Crippen molar-refractivity contribution in [3.63, 3.8) is 0 Å². The first-order valence-corrected chi connectivity index (χ1v) is 24.4. The van der Waals surface area contributed by atoms with Gasteiger partial charge in [-0.15, -0.1) is 0 Å². The fourth-order valence-corrected chi connectivity index (χ4v) is 7.67. The van der Waals surface area contributed by atoms with Crippen LogP contribution in [0.1, 0.15) is 81.1 Å². The van der Waals surface area contributed by atoms with E-state index >= 15 is 0 Å². The lowest BCUT2D eigenvalue weighted by molar-refractivity contribution is -0.385. The number of aromatic nitrogens is 6. The molecule has 2 amide bonds. The summed E-state index contributed by atoms with van der Waals surface area (Å²) in [4.78, 5) is 77.2. The van der Waals surface area contributed by atoms with Crippen LogP contribution in [0.5, 0.6) is 0 Å². The number of pyridine rings is 2. The van der Waals surface area contributed by atoms with E-state index in [9.17, 15) is 29.8 Å². The molecule has 0 aliphatic rings. The molecular formula is C50H66N14O8. The van der Waals surface area contributed by atoms with Gasteiger partial charge >= 0.3 is 12.2 Å². The van der Waals surface area contributed by atoms with Gasteiger partial charge in [0.2, 0.25) is 0 Å². The first-order valence-electron chi connectivity index (χ1n) is 24.4. The SMILES string of the molecule is CCOC(=O)Nc1cc(NC(C)CCCN(CC)CC)c2nc(-c3ccc([N+](=O)[O-])cc3)cnc2n1.CCOC(=O)Nc1cc(NC(C)CCCN(CC)CC)c2ncc(-c3ccc([N+](=O)[O-])cc3)nc2n1. The number of rotatable bonds is 24. The van der Waals surface area contributed by atoms with Gasteiger partial charge in [-0.1, -0.05) is 27.7 Å². The topological polar surface area (TPSA) is 271 Å². The van der Waals surface area contributed by atoms with Gasteiger partial charge in [-0.2, -0.15) is 0 Å². The van der Waals surface area contributed by atoms with Crippen molar-refractivity contribution in [2.24, 2.45) is 0 Å². The zero-order valence-electron chi connectivity index (χ0n) is 42.3. The van der Waals surface area contributed by atoms with E-state index < -0.39 is 22.0 Å². The van der Waals surface area contributed by atoms with Gasteiger partial charge < -0.3 is 29.9 Å². The molecule has 0 saturated carbocycles. The van der Waals surface area contributed by atoms with Crippen molar-refractivity contribution in [1.29, 1.82) is 0 Å². The summed E-state index contributed by atoms with van der Waals surface area (Å²) in [5.41, 5.74) is 5.59. The lowest BCUT2D eigenvalue weighted by atomic mass is 10.1. The van der Waals surface area contributed by atoms with Gasteiger partial charge in [0.25, 0.3) is 11.4 Å². The van der Waals surface area contributed by atoms with Crippen LogP contribution in [0, 0.1) is 20.2 Å². The highest BCUT2D eigenvalue weighted by molar-refractivity contribution is 5.93. The number of nitro benzene ring substituents is 2. The number of benzene rings is 2. The van der Waals surface area contributed by atoms with Crippen molar-refractivity contribution in [2.75, 3.05) is 73.7 Å². The fraction of sp³-hybridized carbons (Fsp3) is 0.440. The van der Waals surface area contributed by atoms with E-state index in [1.54, 1.807) is 62.6 Å². The molecule has 22 heteroatoms. The number of carbonyl (C=O) groups is 2. The van der Waals surface area contributed by atoms with Crippen LogP contribution in [0.4, 0.5) is 44.0 Å². The predicted molar refractivity (Wildman–Crippen MR) is 280 cm³/mol. The van der Waals surface area contributed by atoms with Crippen LogP contribution >= 0.6 is 0 Å². The Hall–Kier alpha value is -7.72. The molecule has 6 rings (SSSR count). The fourth-order valence-electron chi connectivity index (χ4n) is 7.67. The van der Waals surface area contributed by atoms with Gasteiger partial charge in [-0.05, 0) is 117 Å². The number of amides is 2. The number of carbonyl (C=O) groups excluding carboxylic acids is 2. The molecule has 4 N–H and O–H groups in total. The molecule has 0 aliphatic carbocycles. The largest absolute Gasteiger partial charge is 0.450 e. The Balaban J connectivity index is 0.000000267. The number of hydrogen-bond donors (Lipinski definition) is 4. The van der Waals surface area contributed by atoms with Crippen molar-refractivity contribution in [1.82, 2.24) is 39.7 Å². The van der Waals surface area contributed by atoms with Gasteiger partial charge in [0, 0.05) is 59.6 Å². The number of fused-ring (bicyclic) bond motifs is 2. The van der Waals surface area contributed by atoms with Gasteiger partial charge in [0.05, 0.1) is 58.2 Å². The van der Waals surface area contributed by atoms with Crippen molar-refractivity contribution in [2.45, 2.75) is 93.2 Å². The van der Waals surface area contributed by atoms with Crippen LogP contribution in [0.2, 0.25) is 0 Å². The zero-order valence-corrected chi connectivity index (χ0v) is 42.3. The maximum absolute atomic E-state index is 12.0. The summed E-state index contributed by atoms with van der Waals surface area (Å²) >= 11 is 0. The molecule has 2 unspecified atom stereocenters. The maximum Gasteiger partial charge on any atom is 0.412 e. The number of nitro groups is 2. The maximum atomic E-state index is 12.0. The highest BCUT2D eigenvalue weighted by Crippen LogP contribution is 2.30. The molecule has 384 valence electrons.